The number of ether oxygens (including phenoxy) is 1. The Balaban J connectivity index is 1.62. The fraction of sp³-hybridized carbons (Fsp3) is 0.250. The van der Waals surface area contributed by atoms with E-state index in [4.69, 9.17) is 4.74 Å². The van der Waals surface area contributed by atoms with Gasteiger partial charge in [-0.2, -0.15) is 0 Å². The number of carbonyl (C=O) groups excluding carboxylic acids is 2. The van der Waals surface area contributed by atoms with E-state index >= 15 is 0 Å². The number of para-hydroxylation sites is 1. The Bertz CT molecular complexity index is 970. The van der Waals surface area contributed by atoms with Crippen LogP contribution in [0.5, 0.6) is 5.75 Å². The van der Waals surface area contributed by atoms with Crippen LogP contribution in [0.1, 0.15) is 39.0 Å². The lowest BCUT2D eigenvalue weighted by Gasteiger charge is -2.10. The van der Waals surface area contributed by atoms with Gasteiger partial charge < -0.3 is 15.0 Å². The molecular weight excluding hydrogens is 330 g/mol. The Morgan fingerprint density at radius 3 is 2.69 bits per heavy atom. The van der Waals surface area contributed by atoms with Crippen LogP contribution in [0.3, 0.4) is 0 Å². The van der Waals surface area contributed by atoms with Crippen molar-refractivity contribution in [2.24, 2.45) is 0 Å². The number of H-pyrrole nitrogens is 1. The summed E-state index contributed by atoms with van der Waals surface area (Å²) in [6, 6.07) is 9.59. The molecule has 1 amide bonds. The normalized spacial score (nSPS) is 10.7. The number of fused-ring (bicyclic) bond motifs is 1. The maximum Gasteiger partial charge on any atom is 0.253 e. The van der Waals surface area contributed by atoms with Crippen LogP contribution < -0.4 is 10.1 Å². The number of carbonyl (C=O) groups is 2. The monoisotopic (exact) mass is 351 g/mol. The summed E-state index contributed by atoms with van der Waals surface area (Å²) in [6.07, 6.45) is 1.72. The van der Waals surface area contributed by atoms with Gasteiger partial charge in [-0.15, -0.1) is 0 Å². The summed E-state index contributed by atoms with van der Waals surface area (Å²) in [6.45, 7) is 5.71. The number of aromatic amines is 1. The van der Waals surface area contributed by atoms with Crippen LogP contribution in [0, 0.1) is 13.8 Å². The predicted molar refractivity (Wildman–Crippen MR) is 99.8 cm³/mol. The highest BCUT2D eigenvalue weighted by Crippen LogP contribution is 2.22. The van der Waals surface area contributed by atoms with E-state index < -0.39 is 0 Å². The standard InChI is InChI=1S/C20H21N3O3/c1-12-17(13(2)23-18(12)14(3)24)20(25)22-10-11-26-16-8-4-6-15-7-5-9-21-19(15)16/h4-9,23H,10-11H2,1-3H3,(H,22,25). The molecule has 0 aliphatic carbocycles. The first-order chi connectivity index (χ1) is 12.5. The van der Waals surface area contributed by atoms with Gasteiger partial charge in [0.25, 0.3) is 5.91 Å². The maximum absolute atomic E-state index is 12.4. The number of aryl methyl sites for hydroxylation is 1. The van der Waals surface area contributed by atoms with Crippen LogP contribution in [0.25, 0.3) is 10.9 Å². The summed E-state index contributed by atoms with van der Waals surface area (Å²) >= 11 is 0. The number of rotatable bonds is 6. The Hall–Kier alpha value is -3.15. The van der Waals surface area contributed by atoms with E-state index in [0.717, 1.165) is 10.9 Å². The third-order valence-electron chi connectivity index (χ3n) is 4.26. The van der Waals surface area contributed by atoms with Crippen molar-refractivity contribution in [3.63, 3.8) is 0 Å². The smallest absolute Gasteiger partial charge is 0.253 e. The van der Waals surface area contributed by atoms with Crippen molar-refractivity contribution in [3.8, 4) is 5.75 Å². The number of Topliss-reactive ketones (excluding diaryl/α,β-unsaturated/α-hetero) is 1. The van der Waals surface area contributed by atoms with Crippen LogP contribution in [0.4, 0.5) is 0 Å². The van der Waals surface area contributed by atoms with E-state index in [2.05, 4.69) is 15.3 Å². The molecule has 0 bridgehead atoms. The lowest BCUT2D eigenvalue weighted by molar-refractivity contribution is 0.0946. The summed E-state index contributed by atoms with van der Waals surface area (Å²) in [5.74, 6) is 0.380. The molecule has 134 valence electrons. The van der Waals surface area contributed by atoms with E-state index in [1.165, 1.54) is 6.92 Å². The lowest BCUT2D eigenvalue weighted by atomic mass is 10.1. The first-order valence-corrected chi connectivity index (χ1v) is 8.44. The molecule has 0 fully saturated rings. The Kier molecular flexibility index (Phi) is 5.02. The molecule has 0 radical (unpaired) electrons. The van der Waals surface area contributed by atoms with Crippen molar-refractivity contribution < 1.29 is 14.3 Å². The number of hydrogen-bond donors (Lipinski definition) is 2. The zero-order valence-corrected chi connectivity index (χ0v) is 15.1. The second kappa shape index (κ2) is 7.39. The molecule has 2 N–H and O–H groups in total. The molecule has 0 spiro atoms. The number of aromatic nitrogens is 2. The summed E-state index contributed by atoms with van der Waals surface area (Å²) < 4.78 is 5.77. The first kappa shape index (κ1) is 17.7. The number of pyridine rings is 1. The van der Waals surface area contributed by atoms with Gasteiger partial charge in [0, 0.05) is 24.2 Å². The average molecular weight is 351 g/mol. The summed E-state index contributed by atoms with van der Waals surface area (Å²) in [4.78, 5) is 31.3. The number of ketones is 1. The third-order valence-corrected chi connectivity index (χ3v) is 4.26. The van der Waals surface area contributed by atoms with Gasteiger partial charge in [-0.05, 0) is 31.5 Å². The fourth-order valence-electron chi connectivity index (χ4n) is 3.05. The number of benzene rings is 1. The van der Waals surface area contributed by atoms with Crippen molar-refractivity contribution in [1.29, 1.82) is 0 Å². The van der Waals surface area contributed by atoms with Crippen LogP contribution in [-0.2, 0) is 0 Å². The summed E-state index contributed by atoms with van der Waals surface area (Å²) in [5.41, 5.74) is 3.15. The summed E-state index contributed by atoms with van der Waals surface area (Å²) in [5, 5.41) is 3.84. The molecule has 0 aliphatic rings. The zero-order chi connectivity index (χ0) is 18.7. The average Bonchev–Trinajstić information content (AvgIpc) is 2.93. The van der Waals surface area contributed by atoms with Gasteiger partial charge in [0.2, 0.25) is 0 Å². The zero-order valence-electron chi connectivity index (χ0n) is 15.1. The quantitative estimate of drug-likeness (QED) is 0.528. The molecule has 0 atom stereocenters. The largest absolute Gasteiger partial charge is 0.489 e. The van der Waals surface area contributed by atoms with Gasteiger partial charge in [0.15, 0.2) is 5.78 Å². The molecule has 0 saturated carbocycles. The Morgan fingerprint density at radius 2 is 1.96 bits per heavy atom. The highest BCUT2D eigenvalue weighted by molar-refractivity contribution is 6.02. The highest BCUT2D eigenvalue weighted by Gasteiger charge is 2.19. The Labute approximate surface area is 151 Å². The molecule has 6 nitrogen and oxygen atoms in total. The van der Waals surface area contributed by atoms with E-state index in [0.29, 0.717) is 41.4 Å². The van der Waals surface area contributed by atoms with Gasteiger partial charge in [0.1, 0.15) is 17.9 Å². The number of nitrogens with zero attached hydrogens (tertiary/aromatic N) is 1. The lowest BCUT2D eigenvalue weighted by Crippen LogP contribution is -2.28. The molecule has 0 saturated heterocycles. The molecule has 0 aliphatic heterocycles. The molecule has 2 heterocycles. The molecule has 0 unspecified atom stereocenters. The van der Waals surface area contributed by atoms with Crippen LogP contribution in [0.15, 0.2) is 36.5 Å². The number of amides is 1. The Morgan fingerprint density at radius 1 is 1.19 bits per heavy atom. The number of hydrogen-bond acceptors (Lipinski definition) is 4. The van der Waals surface area contributed by atoms with Gasteiger partial charge >= 0.3 is 0 Å². The van der Waals surface area contributed by atoms with E-state index in [9.17, 15) is 9.59 Å². The van der Waals surface area contributed by atoms with E-state index in [1.54, 1.807) is 20.0 Å². The molecule has 2 aromatic heterocycles. The fourth-order valence-corrected chi connectivity index (χ4v) is 3.05. The van der Waals surface area contributed by atoms with E-state index in [-0.39, 0.29) is 11.7 Å². The summed E-state index contributed by atoms with van der Waals surface area (Å²) in [7, 11) is 0. The van der Waals surface area contributed by atoms with Gasteiger partial charge in [-0.3, -0.25) is 14.6 Å². The van der Waals surface area contributed by atoms with Crippen molar-refractivity contribution in [2.75, 3.05) is 13.2 Å². The predicted octanol–water partition coefficient (Wildman–Crippen LogP) is 3.19. The second-order valence-electron chi connectivity index (χ2n) is 6.12. The van der Waals surface area contributed by atoms with Crippen molar-refractivity contribution in [2.45, 2.75) is 20.8 Å². The van der Waals surface area contributed by atoms with Crippen LogP contribution in [-0.4, -0.2) is 34.8 Å². The molecular formula is C20H21N3O3. The van der Waals surface area contributed by atoms with Crippen LogP contribution in [0.2, 0.25) is 0 Å². The first-order valence-electron chi connectivity index (χ1n) is 8.44. The van der Waals surface area contributed by atoms with Crippen molar-refractivity contribution in [1.82, 2.24) is 15.3 Å². The molecule has 1 aromatic carbocycles. The van der Waals surface area contributed by atoms with Crippen LogP contribution >= 0.6 is 0 Å². The molecule has 6 heteroatoms. The molecule has 26 heavy (non-hydrogen) atoms. The molecule has 3 rings (SSSR count). The minimum atomic E-state index is -0.219. The van der Waals surface area contributed by atoms with Crippen molar-refractivity contribution in [3.05, 3.63) is 59.0 Å². The van der Waals surface area contributed by atoms with Gasteiger partial charge in [0.05, 0.1) is 17.8 Å². The van der Waals surface area contributed by atoms with Gasteiger partial charge in [-0.1, -0.05) is 18.2 Å². The highest BCUT2D eigenvalue weighted by atomic mass is 16.5. The minimum Gasteiger partial charge on any atom is -0.489 e. The van der Waals surface area contributed by atoms with E-state index in [1.807, 2.05) is 30.3 Å². The minimum absolute atomic E-state index is 0.0866. The number of nitrogens with one attached hydrogen (secondary N) is 2. The molecule has 3 aromatic rings. The second-order valence-corrected chi connectivity index (χ2v) is 6.12. The SMILES string of the molecule is CC(=O)c1[nH]c(C)c(C(=O)NCCOc2cccc3cccnc23)c1C. The third kappa shape index (κ3) is 3.44. The van der Waals surface area contributed by atoms with Gasteiger partial charge in [-0.25, -0.2) is 0 Å². The topological polar surface area (TPSA) is 84.1 Å². The maximum atomic E-state index is 12.4. The van der Waals surface area contributed by atoms with Crippen molar-refractivity contribution >= 4 is 22.6 Å².